The second-order valence-corrected chi connectivity index (χ2v) is 9.50. The Morgan fingerprint density at radius 2 is 1.85 bits per heavy atom. The predicted octanol–water partition coefficient (Wildman–Crippen LogP) is 4.71. The van der Waals surface area contributed by atoms with Crippen molar-refractivity contribution in [2.75, 3.05) is 12.9 Å². The van der Waals surface area contributed by atoms with Crippen molar-refractivity contribution in [2.24, 2.45) is 0 Å². The number of ether oxygens (including phenoxy) is 2. The van der Waals surface area contributed by atoms with Crippen molar-refractivity contribution in [1.29, 1.82) is 0 Å². The smallest absolute Gasteiger partial charge is 0.338 e. The lowest BCUT2D eigenvalue weighted by molar-refractivity contribution is -0.153. The number of benzene rings is 2. The maximum Gasteiger partial charge on any atom is 0.338 e. The Morgan fingerprint density at radius 1 is 1.15 bits per heavy atom. The van der Waals surface area contributed by atoms with Crippen molar-refractivity contribution in [2.45, 2.75) is 51.3 Å². The van der Waals surface area contributed by atoms with E-state index in [2.05, 4.69) is 0 Å². The molecule has 4 rings (SSSR count). The monoisotopic (exact) mass is 486 g/mol. The molecule has 1 aliphatic heterocycles. The number of nitrogens with zero attached hydrogens (tertiary/aromatic N) is 1. The number of hydrogen-bond acceptors (Lipinski definition) is 5. The molecule has 1 amide bonds. The minimum Gasteiger partial charge on any atom is -0.467 e. The molecule has 0 aromatic heterocycles. The molecule has 0 saturated heterocycles. The summed E-state index contributed by atoms with van der Waals surface area (Å²) >= 11 is 5.83. The van der Waals surface area contributed by atoms with E-state index < -0.39 is 48.4 Å². The van der Waals surface area contributed by atoms with Gasteiger partial charge in [-0.1, -0.05) is 36.4 Å². The molecule has 178 valence electrons. The molecule has 6 nitrogen and oxygen atoms in total. The molecule has 2 aromatic rings. The summed E-state index contributed by atoms with van der Waals surface area (Å²) in [5.41, 5.74) is 3.33. The summed E-state index contributed by atoms with van der Waals surface area (Å²) in [6, 6.07) is 11.3. The Bertz CT molecular complexity index is 1340. The first kappa shape index (κ1) is 18.2. The number of methoxy groups -OCH3 is 1. The molecule has 0 bridgehead atoms. The molecular weight excluding hydrogens is 454 g/mol. The third-order valence-corrected chi connectivity index (χ3v) is 6.16. The van der Waals surface area contributed by atoms with Crippen molar-refractivity contribution in [1.82, 2.24) is 4.90 Å². The summed E-state index contributed by atoms with van der Waals surface area (Å²) in [6.45, 7) is 5.24. The number of hydrogen-bond donors (Lipinski definition) is 0. The lowest BCUT2D eigenvalue weighted by Crippen LogP contribution is -2.51. The van der Waals surface area contributed by atoms with Crippen molar-refractivity contribution in [3.05, 3.63) is 76.4 Å². The van der Waals surface area contributed by atoms with Crippen LogP contribution in [0.5, 0.6) is 0 Å². The maximum absolute atomic E-state index is 13.5. The summed E-state index contributed by atoms with van der Waals surface area (Å²) in [4.78, 5) is 40.2. The van der Waals surface area contributed by atoms with Crippen molar-refractivity contribution in [3.8, 4) is 0 Å². The number of esters is 2. The summed E-state index contributed by atoms with van der Waals surface area (Å²) < 4.78 is 48.2. The fraction of sp³-hybridized carbons (Fsp3) is 0.370. The van der Waals surface area contributed by atoms with Gasteiger partial charge < -0.3 is 14.4 Å². The topological polar surface area (TPSA) is 72.9 Å². The molecule has 0 spiro atoms. The van der Waals surface area contributed by atoms with E-state index in [0.717, 1.165) is 27.2 Å². The second-order valence-electron chi connectivity index (χ2n) is 9.31. The third-order valence-electron chi connectivity index (χ3n) is 6.00. The minimum atomic E-state index is -3.07. The fourth-order valence-electron chi connectivity index (χ4n) is 4.67. The zero-order valence-electron chi connectivity index (χ0n) is 24.1. The molecule has 0 saturated carbocycles. The lowest BCUT2D eigenvalue weighted by Gasteiger charge is -2.42. The largest absolute Gasteiger partial charge is 0.467 e. The number of carbonyl (C=O) groups excluding carboxylic acids is 3. The van der Waals surface area contributed by atoms with Gasteiger partial charge in [0.05, 0.1) is 25.5 Å². The SMILES string of the molecule is [2H]C([2H])([2H])OC(=O)[C@H]1CC2=C(Cc3ccccc32)[C@H](c2ccc(C(=O)OC(C)(C)C)cc2)N1C(=O)C([2H])([2H])Cl. The van der Waals surface area contributed by atoms with Gasteiger partial charge in [0.1, 0.15) is 17.5 Å². The molecule has 0 N–H and O–H groups in total. The van der Waals surface area contributed by atoms with Gasteiger partial charge in [0.15, 0.2) is 0 Å². The van der Waals surface area contributed by atoms with Crippen LogP contribution in [-0.2, 0) is 25.5 Å². The average molecular weight is 487 g/mol. The summed E-state index contributed by atoms with van der Waals surface area (Å²) in [6.07, 6.45) is 0.340. The Kier molecular flexibility index (Phi) is 4.97. The van der Waals surface area contributed by atoms with E-state index in [4.69, 9.17) is 27.9 Å². The van der Waals surface area contributed by atoms with E-state index in [1.807, 2.05) is 24.3 Å². The quantitative estimate of drug-likeness (QED) is 0.462. The van der Waals surface area contributed by atoms with E-state index in [0.29, 0.717) is 12.0 Å². The van der Waals surface area contributed by atoms with Gasteiger partial charge in [-0.05, 0) is 67.2 Å². The van der Waals surface area contributed by atoms with Gasteiger partial charge in [-0.3, -0.25) is 4.79 Å². The van der Waals surface area contributed by atoms with Gasteiger partial charge in [0.25, 0.3) is 0 Å². The highest BCUT2D eigenvalue weighted by molar-refractivity contribution is 6.27. The van der Waals surface area contributed by atoms with E-state index in [9.17, 15) is 14.4 Å². The van der Waals surface area contributed by atoms with Gasteiger partial charge in [0.2, 0.25) is 5.91 Å². The zero-order valence-corrected chi connectivity index (χ0v) is 19.8. The molecule has 1 aliphatic carbocycles. The first-order chi connectivity index (χ1) is 18.0. The van der Waals surface area contributed by atoms with Gasteiger partial charge >= 0.3 is 11.9 Å². The number of amides is 1. The molecule has 2 atom stereocenters. The number of fused-ring (bicyclic) bond motifs is 2. The Morgan fingerprint density at radius 3 is 2.50 bits per heavy atom. The van der Waals surface area contributed by atoms with Crippen LogP contribution in [0.15, 0.2) is 54.1 Å². The number of carbonyl (C=O) groups is 3. The van der Waals surface area contributed by atoms with Crippen LogP contribution in [0.4, 0.5) is 0 Å². The summed E-state index contributed by atoms with van der Waals surface area (Å²) in [5.74, 6) is -5.84. The van der Waals surface area contributed by atoms with Gasteiger partial charge in [-0.15, -0.1) is 11.6 Å². The van der Waals surface area contributed by atoms with E-state index in [1.54, 1.807) is 32.9 Å². The minimum absolute atomic E-state index is 0.0769. The molecule has 7 heteroatoms. The summed E-state index contributed by atoms with van der Waals surface area (Å²) in [7, 11) is -3.07. The lowest BCUT2D eigenvalue weighted by atomic mass is 9.84. The second kappa shape index (κ2) is 9.26. The molecule has 2 aliphatic rings. The van der Waals surface area contributed by atoms with Crippen LogP contribution in [0.2, 0.25) is 0 Å². The van der Waals surface area contributed by atoms with Crippen LogP contribution >= 0.6 is 11.6 Å². The van der Waals surface area contributed by atoms with Crippen molar-refractivity contribution >= 4 is 35.0 Å². The molecule has 34 heavy (non-hydrogen) atoms. The van der Waals surface area contributed by atoms with Gasteiger partial charge in [-0.2, -0.15) is 0 Å². The normalized spacial score (nSPS) is 22.4. The van der Waals surface area contributed by atoms with Crippen LogP contribution in [-0.4, -0.2) is 47.3 Å². The number of halogens is 1. The molecular formula is C27H28ClNO5. The highest BCUT2D eigenvalue weighted by Crippen LogP contribution is 2.49. The Hall–Kier alpha value is -3.12. The molecule has 1 heterocycles. The Labute approximate surface area is 211 Å². The third kappa shape index (κ3) is 4.47. The van der Waals surface area contributed by atoms with Crippen LogP contribution in [0.25, 0.3) is 5.57 Å². The van der Waals surface area contributed by atoms with Crippen molar-refractivity contribution < 1.29 is 30.7 Å². The van der Waals surface area contributed by atoms with Crippen LogP contribution < -0.4 is 0 Å². The number of alkyl halides is 1. The van der Waals surface area contributed by atoms with Crippen LogP contribution in [0.1, 0.15) is 67.1 Å². The average Bonchev–Trinajstić information content (AvgIpc) is 3.18. The van der Waals surface area contributed by atoms with Crippen LogP contribution in [0.3, 0.4) is 0 Å². The van der Waals surface area contributed by atoms with E-state index >= 15 is 0 Å². The molecule has 0 unspecified atom stereocenters. The van der Waals surface area contributed by atoms with Gasteiger partial charge in [0, 0.05) is 6.42 Å². The summed E-state index contributed by atoms with van der Waals surface area (Å²) in [5, 5.41) is 0. The highest BCUT2D eigenvalue weighted by Gasteiger charge is 2.45. The predicted molar refractivity (Wildman–Crippen MR) is 129 cm³/mol. The van der Waals surface area contributed by atoms with Crippen molar-refractivity contribution in [3.63, 3.8) is 0 Å². The first-order valence-corrected chi connectivity index (χ1v) is 11.2. The molecule has 0 radical (unpaired) electrons. The van der Waals surface area contributed by atoms with Gasteiger partial charge in [-0.25, -0.2) is 9.59 Å². The van der Waals surface area contributed by atoms with E-state index in [1.165, 1.54) is 12.1 Å². The standard InChI is InChI=1S/C27H28ClNO5/c1-27(2,3)34-25(31)17-11-9-16(10-12-17)24-21-13-18-7-5-6-8-19(18)20(21)14-22(26(32)33-4)29(24)23(30)15-28/h5-12,22,24H,13-15H2,1-4H3/t22-,24+/m1/s1/i4D3,15D2. The molecule has 2 aromatic carbocycles. The maximum atomic E-state index is 13.5. The van der Waals surface area contributed by atoms with E-state index in [-0.39, 0.29) is 12.0 Å². The molecule has 0 fully saturated rings. The first-order valence-electron chi connectivity index (χ1n) is 13.3. The Balaban J connectivity index is 1.85. The fourth-order valence-corrected chi connectivity index (χ4v) is 4.77. The highest BCUT2D eigenvalue weighted by atomic mass is 35.5. The zero-order chi connectivity index (χ0) is 28.9. The number of rotatable bonds is 4. The van der Waals surface area contributed by atoms with Crippen LogP contribution in [0, 0.1) is 0 Å².